The summed E-state index contributed by atoms with van der Waals surface area (Å²) in [6.45, 7) is 2.56. The highest BCUT2D eigenvalue weighted by Crippen LogP contribution is 2.27. The third-order valence-corrected chi connectivity index (χ3v) is 4.07. The number of nitrogens with zero attached hydrogens (tertiary/aromatic N) is 2. The van der Waals surface area contributed by atoms with Crippen LogP contribution in [0, 0.1) is 6.92 Å². The van der Waals surface area contributed by atoms with Gasteiger partial charge in [-0.3, -0.25) is 4.40 Å². The number of aromatic nitrogens is 2. The lowest BCUT2D eigenvalue weighted by molar-refractivity contribution is 0.412. The number of ether oxygens (including phenoxy) is 1. The van der Waals surface area contributed by atoms with Crippen molar-refractivity contribution in [2.75, 3.05) is 7.11 Å². The second-order valence-electron chi connectivity index (χ2n) is 4.39. The molecule has 2 N–H and O–H groups in total. The Morgan fingerprint density at radius 3 is 2.95 bits per heavy atom. The summed E-state index contributed by atoms with van der Waals surface area (Å²) in [6.07, 6.45) is 2.04. The maximum atomic E-state index is 5.71. The van der Waals surface area contributed by atoms with Gasteiger partial charge in [0.05, 0.1) is 12.8 Å². The largest absolute Gasteiger partial charge is 0.496 e. The summed E-state index contributed by atoms with van der Waals surface area (Å²) in [4.78, 5) is 5.61. The van der Waals surface area contributed by atoms with E-state index in [0.29, 0.717) is 6.54 Å². The van der Waals surface area contributed by atoms with Gasteiger partial charge in [0.15, 0.2) is 4.96 Å². The Morgan fingerprint density at radius 2 is 2.26 bits per heavy atom. The number of fused-ring (bicyclic) bond motifs is 1. The van der Waals surface area contributed by atoms with E-state index < -0.39 is 0 Å². The monoisotopic (exact) mass is 273 g/mol. The molecule has 19 heavy (non-hydrogen) atoms. The molecule has 2 heterocycles. The van der Waals surface area contributed by atoms with Crippen LogP contribution in [0.25, 0.3) is 16.2 Å². The molecule has 2 aromatic heterocycles. The van der Waals surface area contributed by atoms with Crippen molar-refractivity contribution in [1.29, 1.82) is 0 Å². The molecule has 3 rings (SSSR count). The van der Waals surface area contributed by atoms with E-state index in [1.807, 2.05) is 30.6 Å². The van der Waals surface area contributed by atoms with Gasteiger partial charge in [0, 0.05) is 29.4 Å². The number of methoxy groups -OCH3 is 1. The molecule has 0 saturated carbocycles. The van der Waals surface area contributed by atoms with Gasteiger partial charge in [-0.1, -0.05) is 0 Å². The van der Waals surface area contributed by atoms with Crippen molar-refractivity contribution < 1.29 is 4.74 Å². The van der Waals surface area contributed by atoms with Crippen molar-refractivity contribution in [1.82, 2.24) is 9.38 Å². The molecular weight excluding hydrogens is 258 g/mol. The quantitative estimate of drug-likeness (QED) is 0.798. The molecule has 0 aliphatic rings. The highest BCUT2D eigenvalue weighted by atomic mass is 32.1. The van der Waals surface area contributed by atoms with E-state index in [1.165, 1.54) is 0 Å². The molecule has 0 aliphatic heterocycles. The van der Waals surface area contributed by atoms with Crippen LogP contribution in [0.1, 0.15) is 11.3 Å². The molecule has 98 valence electrons. The molecule has 3 aromatic rings. The van der Waals surface area contributed by atoms with Gasteiger partial charge in [-0.25, -0.2) is 4.98 Å². The molecule has 1 aromatic carbocycles. The smallest absolute Gasteiger partial charge is 0.194 e. The van der Waals surface area contributed by atoms with Gasteiger partial charge in [-0.15, -0.1) is 11.3 Å². The first-order valence-electron chi connectivity index (χ1n) is 6.03. The number of aryl methyl sites for hydroxylation is 1. The molecular formula is C14H15N3OS. The third-order valence-electron chi connectivity index (χ3n) is 3.18. The molecule has 4 nitrogen and oxygen atoms in total. The summed E-state index contributed by atoms with van der Waals surface area (Å²) in [5, 5.41) is 2.05. The van der Waals surface area contributed by atoms with Gasteiger partial charge in [0.25, 0.3) is 0 Å². The number of hydrogen-bond donors (Lipinski definition) is 1. The van der Waals surface area contributed by atoms with Gasteiger partial charge in [-0.2, -0.15) is 0 Å². The number of benzene rings is 1. The molecule has 5 heteroatoms. The second kappa shape index (κ2) is 4.68. The van der Waals surface area contributed by atoms with Crippen LogP contribution in [0.3, 0.4) is 0 Å². The first-order chi connectivity index (χ1) is 9.22. The molecule has 0 radical (unpaired) electrons. The van der Waals surface area contributed by atoms with Crippen LogP contribution in [0.4, 0.5) is 0 Å². The summed E-state index contributed by atoms with van der Waals surface area (Å²) >= 11 is 1.61. The summed E-state index contributed by atoms with van der Waals surface area (Å²) in [6, 6.07) is 6.09. The van der Waals surface area contributed by atoms with E-state index in [-0.39, 0.29) is 0 Å². The van der Waals surface area contributed by atoms with Crippen LogP contribution >= 0.6 is 11.3 Å². The number of rotatable bonds is 3. The Morgan fingerprint density at radius 1 is 1.42 bits per heavy atom. The Bertz CT molecular complexity index is 729. The number of imidazole rings is 1. The fourth-order valence-electron chi connectivity index (χ4n) is 2.15. The maximum Gasteiger partial charge on any atom is 0.194 e. The van der Waals surface area contributed by atoms with Crippen LogP contribution in [0.15, 0.2) is 29.8 Å². The second-order valence-corrected chi connectivity index (χ2v) is 5.23. The fraction of sp³-hybridized carbons (Fsp3) is 0.214. The van der Waals surface area contributed by atoms with Gasteiger partial charge < -0.3 is 10.5 Å². The molecule has 0 atom stereocenters. The highest BCUT2D eigenvalue weighted by molar-refractivity contribution is 7.15. The summed E-state index contributed by atoms with van der Waals surface area (Å²) in [5.41, 5.74) is 9.97. The lowest BCUT2D eigenvalue weighted by atomic mass is 10.1. The van der Waals surface area contributed by atoms with Gasteiger partial charge in [0.2, 0.25) is 0 Å². The average molecular weight is 273 g/mol. The molecule has 0 amide bonds. The van der Waals surface area contributed by atoms with Crippen molar-refractivity contribution in [3.8, 4) is 17.0 Å². The Kier molecular flexibility index (Phi) is 3.00. The standard InChI is InChI=1S/C14H15N3OS/c1-9-5-10(3-4-13(9)18-2)12-7-17-11(6-15)8-19-14(17)16-12/h3-5,7-8H,6,15H2,1-2H3. The summed E-state index contributed by atoms with van der Waals surface area (Å²) in [5.74, 6) is 0.896. The van der Waals surface area contributed by atoms with Crippen molar-refractivity contribution in [3.63, 3.8) is 0 Å². The summed E-state index contributed by atoms with van der Waals surface area (Å²) < 4.78 is 7.33. The van der Waals surface area contributed by atoms with E-state index >= 15 is 0 Å². The molecule has 0 unspecified atom stereocenters. The topological polar surface area (TPSA) is 52.5 Å². The normalized spacial score (nSPS) is 11.1. The number of nitrogens with two attached hydrogens (primary N) is 1. The lowest BCUT2D eigenvalue weighted by Crippen LogP contribution is -1.98. The molecule has 0 saturated heterocycles. The zero-order valence-electron chi connectivity index (χ0n) is 10.9. The zero-order valence-corrected chi connectivity index (χ0v) is 11.7. The van der Waals surface area contributed by atoms with Crippen molar-refractivity contribution in [2.45, 2.75) is 13.5 Å². The van der Waals surface area contributed by atoms with Crippen LogP contribution < -0.4 is 10.5 Å². The lowest BCUT2D eigenvalue weighted by Gasteiger charge is -2.05. The van der Waals surface area contributed by atoms with Gasteiger partial charge >= 0.3 is 0 Å². The Hall–Kier alpha value is -1.85. The molecule has 0 fully saturated rings. The minimum absolute atomic E-state index is 0.525. The minimum atomic E-state index is 0.525. The van der Waals surface area contributed by atoms with E-state index in [4.69, 9.17) is 10.5 Å². The predicted molar refractivity (Wildman–Crippen MR) is 77.7 cm³/mol. The van der Waals surface area contributed by atoms with E-state index in [1.54, 1.807) is 18.4 Å². The Labute approximate surface area is 115 Å². The average Bonchev–Trinajstić information content (AvgIpc) is 2.98. The van der Waals surface area contributed by atoms with Crippen molar-refractivity contribution in [2.24, 2.45) is 5.73 Å². The van der Waals surface area contributed by atoms with Crippen LogP contribution in [0.5, 0.6) is 5.75 Å². The van der Waals surface area contributed by atoms with Gasteiger partial charge in [-0.05, 0) is 30.7 Å². The fourth-order valence-corrected chi connectivity index (χ4v) is 3.04. The molecule has 0 aliphatic carbocycles. The zero-order chi connectivity index (χ0) is 13.4. The van der Waals surface area contributed by atoms with E-state index in [2.05, 4.69) is 15.5 Å². The predicted octanol–water partition coefficient (Wildman–Crippen LogP) is 2.84. The van der Waals surface area contributed by atoms with Crippen LogP contribution in [0.2, 0.25) is 0 Å². The van der Waals surface area contributed by atoms with Crippen molar-refractivity contribution >= 4 is 16.3 Å². The van der Waals surface area contributed by atoms with Crippen LogP contribution in [-0.2, 0) is 6.54 Å². The van der Waals surface area contributed by atoms with Gasteiger partial charge in [0.1, 0.15) is 5.75 Å². The minimum Gasteiger partial charge on any atom is -0.496 e. The first-order valence-corrected chi connectivity index (χ1v) is 6.91. The van der Waals surface area contributed by atoms with E-state index in [0.717, 1.165) is 33.2 Å². The maximum absolute atomic E-state index is 5.71. The highest BCUT2D eigenvalue weighted by Gasteiger charge is 2.09. The Balaban J connectivity index is 2.08. The molecule has 0 spiro atoms. The number of thiazole rings is 1. The van der Waals surface area contributed by atoms with E-state index in [9.17, 15) is 0 Å². The first kappa shape index (κ1) is 12.2. The van der Waals surface area contributed by atoms with Crippen molar-refractivity contribution in [3.05, 3.63) is 41.0 Å². The summed E-state index contributed by atoms with van der Waals surface area (Å²) in [7, 11) is 1.68. The SMILES string of the molecule is COc1ccc(-c2cn3c(CN)csc3n2)cc1C. The third kappa shape index (κ3) is 2.01. The number of hydrogen-bond acceptors (Lipinski definition) is 4. The van der Waals surface area contributed by atoms with Crippen LogP contribution in [-0.4, -0.2) is 16.5 Å². The molecule has 0 bridgehead atoms.